The highest BCUT2D eigenvalue weighted by atomic mass is 16.6. The average Bonchev–Trinajstić information content (AvgIpc) is 2.79. The lowest BCUT2D eigenvalue weighted by molar-refractivity contribution is -0.385. The summed E-state index contributed by atoms with van der Waals surface area (Å²) < 4.78 is 1.16. The van der Waals surface area contributed by atoms with E-state index >= 15 is 0 Å². The van der Waals surface area contributed by atoms with E-state index in [9.17, 15) is 20.0 Å². The van der Waals surface area contributed by atoms with E-state index in [2.05, 4.69) is 10.4 Å². The first kappa shape index (κ1) is 17.1. The molecule has 8 nitrogen and oxygen atoms in total. The van der Waals surface area contributed by atoms with Crippen LogP contribution in [0.1, 0.15) is 50.0 Å². The zero-order valence-corrected chi connectivity index (χ0v) is 12.6. The molecule has 2 N–H and O–H groups in total. The fourth-order valence-electron chi connectivity index (χ4n) is 2.38. The smallest absolute Gasteiger partial charge is 0.320 e. The fraction of sp³-hybridized carbons (Fsp3) is 0.692. The number of hydrogen-bond acceptors (Lipinski definition) is 5. The van der Waals surface area contributed by atoms with E-state index in [-0.39, 0.29) is 17.9 Å². The van der Waals surface area contributed by atoms with E-state index < -0.39 is 16.4 Å². The fourth-order valence-corrected chi connectivity index (χ4v) is 2.38. The third-order valence-electron chi connectivity index (χ3n) is 3.34. The number of nitrogens with one attached hydrogen (secondary N) is 1. The maximum Gasteiger partial charge on any atom is 0.320 e. The van der Waals surface area contributed by atoms with Crippen molar-refractivity contribution in [1.29, 1.82) is 0 Å². The number of carbonyl (C=O) groups is 1. The Hall–Kier alpha value is -1.96. The zero-order valence-electron chi connectivity index (χ0n) is 12.6. The topological polar surface area (TPSA) is 110 Å². The molecule has 1 amide bonds. The SMILES string of the molecule is CCCC(O)(CCC)CNC(=O)c1c([N+](=O)[O-])cnn1C. The number of aliphatic hydroxyl groups is 1. The second-order valence-corrected chi connectivity index (χ2v) is 5.17. The predicted octanol–water partition coefficient (Wildman–Crippen LogP) is 1.39. The minimum atomic E-state index is -0.980. The van der Waals surface area contributed by atoms with Gasteiger partial charge < -0.3 is 10.4 Å². The molecule has 21 heavy (non-hydrogen) atoms. The maximum absolute atomic E-state index is 12.1. The monoisotopic (exact) mass is 298 g/mol. The summed E-state index contributed by atoms with van der Waals surface area (Å²) in [6, 6.07) is 0. The zero-order chi connectivity index (χ0) is 16.0. The predicted molar refractivity (Wildman–Crippen MR) is 77.0 cm³/mol. The Morgan fingerprint density at radius 1 is 1.48 bits per heavy atom. The Kier molecular flexibility index (Phi) is 5.83. The minimum Gasteiger partial charge on any atom is -0.388 e. The van der Waals surface area contributed by atoms with E-state index in [1.807, 2.05) is 13.8 Å². The van der Waals surface area contributed by atoms with Crippen molar-refractivity contribution in [2.45, 2.75) is 45.1 Å². The molecule has 0 aromatic carbocycles. The molecular weight excluding hydrogens is 276 g/mol. The van der Waals surface area contributed by atoms with Gasteiger partial charge in [0, 0.05) is 13.6 Å². The summed E-state index contributed by atoms with van der Waals surface area (Å²) in [7, 11) is 1.46. The Bertz CT molecular complexity index is 506. The van der Waals surface area contributed by atoms with Gasteiger partial charge in [-0.1, -0.05) is 26.7 Å². The van der Waals surface area contributed by atoms with Crippen molar-refractivity contribution in [2.24, 2.45) is 7.05 Å². The number of hydrogen-bond donors (Lipinski definition) is 2. The third kappa shape index (κ3) is 4.25. The largest absolute Gasteiger partial charge is 0.388 e. The van der Waals surface area contributed by atoms with Crippen LogP contribution < -0.4 is 5.32 Å². The van der Waals surface area contributed by atoms with Crippen LogP contribution in [0.3, 0.4) is 0 Å². The van der Waals surface area contributed by atoms with E-state index in [0.717, 1.165) is 23.7 Å². The van der Waals surface area contributed by atoms with Gasteiger partial charge in [0.1, 0.15) is 6.20 Å². The third-order valence-corrected chi connectivity index (χ3v) is 3.34. The van der Waals surface area contributed by atoms with E-state index in [0.29, 0.717) is 12.8 Å². The summed E-state index contributed by atoms with van der Waals surface area (Å²) in [6.07, 6.45) is 3.75. The van der Waals surface area contributed by atoms with Crippen molar-refractivity contribution in [3.05, 3.63) is 22.0 Å². The summed E-state index contributed by atoms with van der Waals surface area (Å²) >= 11 is 0. The van der Waals surface area contributed by atoms with Crippen LogP contribution >= 0.6 is 0 Å². The van der Waals surface area contributed by atoms with Gasteiger partial charge in [-0.2, -0.15) is 5.10 Å². The van der Waals surface area contributed by atoms with Gasteiger partial charge >= 0.3 is 5.69 Å². The van der Waals surface area contributed by atoms with E-state index in [4.69, 9.17) is 0 Å². The van der Waals surface area contributed by atoms with Crippen molar-refractivity contribution < 1.29 is 14.8 Å². The number of nitrogens with zero attached hydrogens (tertiary/aromatic N) is 3. The Morgan fingerprint density at radius 2 is 2.05 bits per heavy atom. The molecule has 0 aliphatic heterocycles. The molecule has 8 heteroatoms. The van der Waals surface area contributed by atoms with Crippen LogP contribution in [0.2, 0.25) is 0 Å². The Labute approximate surface area is 123 Å². The molecule has 0 bridgehead atoms. The molecule has 0 spiro atoms. The van der Waals surface area contributed by atoms with Crippen LogP contribution in [0.25, 0.3) is 0 Å². The molecule has 1 aromatic heterocycles. The number of amides is 1. The summed E-state index contributed by atoms with van der Waals surface area (Å²) in [5.74, 6) is -0.604. The molecule has 0 aliphatic carbocycles. The van der Waals surface area contributed by atoms with E-state index in [1.165, 1.54) is 7.05 Å². The van der Waals surface area contributed by atoms with Crippen LogP contribution in [0.4, 0.5) is 5.69 Å². The van der Waals surface area contributed by atoms with Crippen LogP contribution in [-0.2, 0) is 7.05 Å². The first-order valence-corrected chi connectivity index (χ1v) is 7.01. The normalized spacial score (nSPS) is 11.4. The first-order chi connectivity index (χ1) is 9.84. The second-order valence-electron chi connectivity index (χ2n) is 5.17. The molecule has 118 valence electrons. The number of rotatable bonds is 8. The summed E-state index contributed by atoms with van der Waals surface area (Å²) in [5, 5.41) is 27.6. The van der Waals surface area contributed by atoms with Crippen molar-refractivity contribution >= 4 is 11.6 Å². The summed E-state index contributed by atoms with van der Waals surface area (Å²) in [4.78, 5) is 22.3. The quantitative estimate of drug-likeness (QED) is 0.556. The van der Waals surface area contributed by atoms with E-state index in [1.54, 1.807) is 0 Å². The van der Waals surface area contributed by atoms with Crippen LogP contribution in [0.15, 0.2) is 6.20 Å². The minimum absolute atomic E-state index is 0.0653. The van der Waals surface area contributed by atoms with Gasteiger partial charge in [0.15, 0.2) is 0 Å². The van der Waals surface area contributed by atoms with Gasteiger partial charge in [-0.25, -0.2) is 0 Å². The van der Waals surface area contributed by atoms with Gasteiger partial charge in [-0.15, -0.1) is 0 Å². The lowest BCUT2D eigenvalue weighted by Crippen LogP contribution is -2.43. The summed E-state index contributed by atoms with van der Waals surface area (Å²) in [5.41, 5.74) is -1.44. The van der Waals surface area contributed by atoms with Crippen LogP contribution in [0, 0.1) is 10.1 Å². The highest BCUT2D eigenvalue weighted by molar-refractivity contribution is 5.96. The molecule has 1 rings (SSSR count). The van der Waals surface area contributed by atoms with Crippen LogP contribution in [0.5, 0.6) is 0 Å². The Morgan fingerprint density at radius 3 is 2.52 bits per heavy atom. The molecule has 0 unspecified atom stereocenters. The average molecular weight is 298 g/mol. The van der Waals surface area contributed by atoms with Crippen molar-refractivity contribution in [3.63, 3.8) is 0 Å². The molecule has 0 atom stereocenters. The van der Waals surface area contributed by atoms with Crippen molar-refractivity contribution in [1.82, 2.24) is 15.1 Å². The van der Waals surface area contributed by atoms with Gasteiger partial charge in [-0.3, -0.25) is 19.6 Å². The number of aromatic nitrogens is 2. The highest BCUT2D eigenvalue weighted by Gasteiger charge is 2.29. The molecular formula is C13H22N4O4. The van der Waals surface area contributed by atoms with Gasteiger partial charge in [0.2, 0.25) is 5.69 Å². The lowest BCUT2D eigenvalue weighted by Gasteiger charge is -2.27. The lowest BCUT2D eigenvalue weighted by atomic mass is 9.92. The van der Waals surface area contributed by atoms with Gasteiger partial charge in [-0.05, 0) is 12.8 Å². The second kappa shape index (κ2) is 7.16. The molecule has 0 saturated heterocycles. The molecule has 1 aromatic rings. The Balaban J connectivity index is 2.82. The van der Waals surface area contributed by atoms with Crippen molar-refractivity contribution in [2.75, 3.05) is 6.54 Å². The number of carbonyl (C=O) groups excluding carboxylic acids is 1. The number of nitro groups is 1. The van der Waals surface area contributed by atoms with Crippen molar-refractivity contribution in [3.8, 4) is 0 Å². The van der Waals surface area contributed by atoms with Gasteiger partial charge in [0.25, 0.3) is 5.91 Å². The molecule has 0 radical (unpaired) electrons. The summed E-state index contributed by atoms with van der Waals surface area (Å²) in [6.45, 7) is 3.97. The maximum atomic E-state index is 12.1. The molecule has 0 fully saturated rings. The molecule has 0 aliphatic rings. The molecule has 1 heterocycles. The number of aryl methyl sites for hydroxylation is 1. The first-order valence-electron chi connectivity index (χ1n) is 7.01. The highest BCUT2D eigenvalue weighted by Crippen LogP contribution is 2.20. The van der Waals surface area contributed by atoms with Crippen LogP contribution in [-0.4, -0.2) is 37.9 Å². The standard InChI is InChI=1S/C13H22N4O4/c1-4-6-13(19,7-5-2)9-14-12(18)11-10(17(20)21)8-15-16(11)3/h8,19H,4-7,9H2,1-3H3,(H,14,18). The van der Waals surface area contributed by atoms with Gasteiger partial charge in [0.05, 0.1) is 10.5 Å². The molecule has 0 saturated carbocycles.